The Morgan fingerprint density at radius 3 is 2.54 bits per heavy atom. The minimum absolute atomic E-state index is 0.386. The fourth-order valence-corrected chi connectivity index (χ4v) is 2.61. The van der Waals surface area contributed by atoms with Gasteiger partial charge in [0.25, 0.3) is 5.89 Å². The van der Waals surface area contributed by atoms with Gasteiger partial charge in [-0.25, -0.2) is 4.98 Å². The van der Waals surface area contributed by atoms with E-state index in [-0.39, 0.29) is 0 Å². The number of hydrogen-bond donors (Lipinski definition) is 0. The summed E-state index contributed by atoms with van der Waals surface area (Å²) in [6.45, 7) is 0. The molecule has 0 aliphatic heterocycles. The van der Waals surface area contributed by atoms with E-state index in [4.69, 9.17) is 20.9 Å². The maximum atomic E-state index is 5.94. The van der Waals surface area contributed by atoms with Crippen LogP contribution in [-0.2, 0) is 0 Å². The van der Waals surface area contributed by atoms with E-state index in [0.717, 1.165) is 16.8 Å². The molecule has 3 heterocycles. The molecular weight excluding hydrogens is 352 g/mol. The Labute approximate surface area is 154 Å². The van der Waals surface area contributed by atoms with Gasteiger partial charge in [0.2, 0.25) is 11.7 Å². The summed E-state index contributed by atoms with van der Waals surface area (Å²) in [7, 11) is 1.56. The van der Waals surface area contributed by atoms with E-state index in [2.05, 4.69) is 20.1 Å². The lowest BCUT2D eigenvalue weighted by Crippen LogP contribution is -1.95. The SMILES string of the molecule is COc1nc(-c2ccc(Cl)cc2)ccc1-c1noc(-c2cccnc2)n1. The molecule has 0 bridgehead atoms. The van der Waals surface area contributed by atoms with Gasteiger partial charge in [0.1, 0.15) is 0 Å². The van der Waals surface area contributed by atoms with Gasteiger partial charge in [-0.2, -0.15) is 4.98 Å². The Balaban J connectivity index is 1.71. The first kappa shape index (κ1) is 16.2. The number of aromatic nitrogens is 4. The van der Waals surface area contributed by atoms with Crippen LogP contribution in [0.2, 0.25) is 5.02 Å². The number of methoxy groups -OCH3 is 1. The molecule has 0 fully saturated rings. The molecule has 0 aliphatic carbocycles. The van der Waals surface area contributed by atoms with Gasteiger partial charge in [-0.15, -0.1) is 0 Å². The quantitative estimate of drug-likeness (QED) is 0.530. The summed E-state index contributed by atoms with van der Waals surface area (Å²) < 4.78 is 10.8. The minimum atomic E-state index is 0.386. The molecule has 6 nitrogen and oxygen atoms in total. The summed E-state index contributed by atoms with van der Waals surface area (Å²) >= 11 is 5.94. The number of pyridine rings is 2. The van der Waals surface area contributed by atoms with E-state index >= 15 is 0 Å². The van der Waals surface area contributed by atoms with Crippen molar-refractivity contribution in [3.63, 3.8) is 0 Å². The van der Waals surface area contributed by atoms with Gasteiger partial charge >= 0.3 is 0 Å². The summed E-state index contributed by atoms with van der Waals surface area (Å²) in [6.07, 6.45) is 3.35. The van der Waals surface area contributed by atoms with Crippen molar-refractivity contribution in [3.05, 3.63) is 65.9 Å². The molecule has 0 aliphatic rings. The molecule has 128 valence electrons. The summed E-state index contributed by atoms with van der Waals surface area (Å²) in [5, 5.41) is 4.71. The number of halogens is 1. The summed E-state index contributed by atoms with van der Waals surface area (Å²) in [6, 6.07) is 14.8. The molecule has 0 atom stereocenters. The topological polar surface area (TPSA) is 73.9 Å². The van der Waals surface area contributed by atoms with Crippen LogP contribution in [0, 0.1) is 0 Å². The highest BCUT2D eigenvalue weighted by atomic mass is 35.5. The first-order valence-electron chi connectivity index (χ1n) is 7.80. The maximum absolute atomic E-state index is 5.94. The molecule has 4 aromatic rings. The van der Waals surface area contributed by atoms with Crippen LogP contribution in [0.3, 0.4) is 0 Å². The minimum Gasteiger partial charge on any atom is -0.480 e. The third-order valence-corrected chi connectivity index (χ3v) is 4.02. The van der Waals surface area contributed by atoms with Crippen molar-refractivity contribution in [1.29, 1.82) is 0 Å². The second-order valence-corrected chi connectivity index (χ2v) is 5.86. The summed E-state index contributed by atoms with van der Waals surface area (Å²) in [4.78, 5) is 13.0. The smallest absolute Gasteiger partial charge is 0.259 e. The molecule has 0 unspecified atom stereocenters. The van der Waals surface area contributed by atoms with Crippen LogP contribution >= 0.6 is 11.6 Å². The molecule has 1 aromatic carbocycles. The Bertz CT molecular complexity index is 1030. The average Bonchev–Trinajstić information content (AvgIpc) is 3.19. The van der Waals surface area contributed by atoms with Crippen LogP contribution in [0.5, 0.6) is 5.88 Å². The molecule has 3 aromatic heterocycles. The highest BCUT2D eigenvalue weighted by molar-refractivity contribution is 6.30. The average molecular weight is 365 g/mol. The second kappa shape index (κ2) is 6.93. The zero-order chi connectivity index (χ0) is 17.9. The van der Waals surface area contributed by atoms with Crippen LogP contribution in [0.15, 0.2) is 65.4 Å². The normalized spacial score (nSPS) is 10.7. The van der Waals surface area contributed by atoms with Crippen LogP contribution in [0.4, 0.5) is 0 Å². The lowest BCUT2D eigenvalue weighted by Gasteiger charge is -2.07. The Kier molecular flexibility index (Phi) is 4.33. The van der Waals surface area contributed by atoms with Gasteiger partial charge in [-0.3, -0.25) is 4.98 Å². The number of nitrogens with zero attached hydrogens (tertiary/aromatic N) is 4. The molecule has 0 N–H and O–H groups in total. The largest absolute Gasteiger partial charge is 0.480 e. The zero-order valence-corrected chi connectivity index (χ0v) is 14.5. The van der Waals surface area contributed by atoms with Crippen molar-refractivity contribution in [2.75, 3.05) is 7.11 Å². The predicted octanol–water partition coefficient (Wildman–Crippen LogP) is 4.52. The Hall–Kier alpha value is -3.25. The molecule has 0 saturated carbocycles. The van der Waals surface area contributed by atoms with Gasteiger partial charge in [0.15, 0.2) is 0 Å². The number of benzene rings is 1. The van der Waals surface area contributed by atoms with Gasteiger partial charge < -0.3 is 9.26 Å². The van der Waals surface area contributed by atoms with E-state index in [1.54, 1.807) is 19.5 Å². The van der Waals surface area contributed by atoms with Crippen molar-refractivity contribution >= 4 is 11.6 Å². The first-order valence-corrected chi connectivity index (χ1v) is 8.18. The van der Waals surface area contributed by atoms with Crippen molar-refractivity contribution in [1.82, 2.24) is 20.1 Å². The van der Waals surface area contributed by atoms with Crippen molar-refractivity contribution in [2.45, 2.75) is 0 Å². The van der Waals surface area contributed by atoms with Crippen molar-refractivity contribution < 1.29 is 9.26 Å². The van der Waals surface area contributed by atoms with Crippen LogP contribution in [0.25, 0.3) is 34.1 Å². The first-order chi connectivity index (χ1) is 12.7. The molecule has 7 heteroatoms. The van der Waals surface area contributed by atoms with Gasteiger partial charge in [-0.1, -0.05) is 28.9 Å². The van der Waals surface area contributed by atoms with Crippen LogP contribution in [0.1, 0.15) is 0 Å². The van der Waals surface area contributed by atoms with Gasteiger partial charge in [0, 0.05) is 23.0 Å². The number of hydrogen-bond acceptors (Lipinski definition) is 6. The molecule has 26 heavy (non-hydrogen) atoms. The van der Waals surface area contributed by atoms with Crippen molar-refractivity contribution in [3.8, 4) is 40.0 Å². The van der Waals surface area contributed by atoms with Crippen LogP contribution < -0.4 is 4.74 Å². The molecule has 4 rings (SSSR count). The van der Waals surface area contributed by atoms with Gasteiger partial charge in [0.05, 0.1) is 23.9 Å². The highest BCUT2D eigenvalue weighted by Crippen LogP contribution is 2.31. The fraction of sp³-hybridized carbons (Fsp3) is 0.0526. The van der Waals surface area contributed by atoms with E-state index < -0.39 is 0 Å². The number of rotatable bonds is 4. The van der Waals surface area contributed by atoms with E-state index in [1.165, 1.54) is 0 Å². The van der Waals surface area contributed by atoms with E-state index in [1.807, 2.05) is 48.5 Å². The van der Waals surface area contributed by atoms with Crippen molar-refractivity contribution in [2.24, 2.45) is 0 Å². The zero-order valence-electron chi connectivity index (χ0n) is 13.8. The lowest BCUT2D eigenvalue weighted by atomic mass is 10.1. The molecular formula is C19H13ClN4O2. The Morgan fingerprint density at radius 1 is 0.962 bits per heavy atom. The summed E-state index contributed by atoms with van der Waals surface area (Å²) in [5.74, 6) is 1.20. The number of ether oxygens (including phenoxy) is 1. The van der Waals surface area contributed by atoms with E-state index in [0.29, 0.717) is 28.2 Å². The van der Waals surface area contributed by atoms with Crippen LogP contribution in [-0.4, -0.2) is 27.2 Å². The predicted molar refractivity (Wildman–Crippen MR) is 97.8 cm³/mol. The third-order valence-electron chi connectivity index (χ3n) is 3.77. The fourth-order valence-electron chi connectivity index (χ4n) is 2.49. The Morgan fingerprint density at radius 2 is 1.81 bits per heavy atom. The molecule has 0 saturated heterocycles. The lowest BCUT2D eigenvalue weighted by molar-refractivity contribution is 0.398. The third kappa shape index (κ3) is 3.14. The van der Waals surface area contributed by atoms with Gasteiger partial charge in [-0.05, 0) is 36.4 Å². The molecule has 0 radical (unpaired) electrons. The summed E-state index contributed by atoms with van der Waals surface area (Å²) in [5.41, 5.74) is 3.08. The highest BCUT2D eigenvalue weighted by Gasteiger charge is 2.16. The standard InChI is InChI=1S/C19H13ClN4O2/c1-25-19-15(8-9-16(22-19)12-4-6-14(20)7-5-12)17-23-18(26-24-17)13-3-2-10-21-11-13/h2-11H,1H3. The molecule has 0 amide bonds. The van der Waals surface area contributed by atoms with E-state index in [9.17, 15) is 0 Å². The monoisotopic (exact) mass is 364 g/mol. The maximum Gasteiger partial charge on any atom is 0.259 e. The molecule has 0 spiro atoms. The second-order valence-electron chi connectivity index (χ2n) is 5.43.